The quantitative estimate of drug-likeness (QED) is 0.550. The molecule has 0 radical (unpaired) electrons. The van der Waals surface area contributed by atoms with Crippen LogP contribution in [0.4, 0.5) is 5.13 Å². The van der Waals surface area contributed by atoms with Crippen LogP contribution in [0.5, 0.6) is 5.75 Å². The van der Waals surface area contributed by atoms with Crippen molar-refractivity contribution in [2.45, 2.75) is 24.3 Å². The van der Waals surface area contributed by atoms with Crippen LogP contribution in [-0.4, -0.2) is 50.5 Å². The summed E-state index contributed by atoms with van der Waals surface area (Å²) in [4.78, 5) is 7.22. The molecule has 7 nitrogen and oxygen atoms in total. The minimum atomic E-state index is -3.56. The number of hydrogen-bond acceptors (Lipinski definition) is 7. The molecule has 2 heterocycles. The molecule has 166 valence electrons. The van der Waals surface area contributed by atoms with Gasteiger partial charge < -0.3 is 9.64 Å². The summed E-state index contributed by atoms with van der Waals surface area (Å²) in [6.07, 6.45) is 0.659. The zero-order valence-electron chi connectivity index (χ0n) is 17.9. The van der Waals surface area contributed by atoms with Crippen LogP contribution in [0.15, 0.2) is 58.8 Å². The number of thiazole rings is 1. The van der Waals surface area contributed by atoms with Gasteiger partial charge in [0.2, 0.25) is 10.0 Å². The second-order valence-electron chi connectivity index (χ2n) is 7.69. The third-order valence-electron chi connectivity index (χ3n) is 5.51. The Morgan fingerprint density at radius 2 is 2.00 bits per heavy atom. The van der Waals surface area contributed by atoms with Crippen molar-refractivity contribution in [3.63, 3.8) is 0 Å². The molecule has 1 aliphatic heterocycles. The van der Waals surface area contributed by atoms with Gasteiger partial charge in [-0.25, -0.2) is 13.4 Å². The van der Waals surface area contributed by atoms with Crippen LogP contribution in [0.2, 0.25) is 0 Å². The van der Waals surface area contributed by atoms with E-state index in [1.54, 1.807) is 48.8 Å². The number of nitrogens with zero attached hydrogens (tertiary/aromatic N) is 4. The van der Waals surface area contributed by atoms with Crippen molar-refractivity contribution in [2.24, 2.45) is 0 Å². The number of anilines is 1. The average Bonchev–Trinajstić information content (AvgIpc) is 3.27. The van der Waals surface area contributed by atoms with Crippen LogP contribution in [0.3, 0.4) is 0 Å². The maximum Gasteiger partial charge on any atom is 0.243 e. The van der Waals surface area contributed by atoms with Gasteiger partial charge in [-0.05, 0) is 48.9 Å². The van der Waals surface area contributed by atoms with Gasteiger partial charge in [-0.2, -0.15) is 9.57 Å². The lowest BCUT2D eigenvalue weighted by Gasteiger charge is -2.39. The molecule has 9 heteroatoms. The van der Waals surface area contributed by atoms with E-state index in [1.165, 1.54) is 4.31 Å². The summed E-state index contributed by atoms with van der Waals surface area (Å²) in [5.74, 6) is 0.626. The van der Waals surface area contributed by atoms with Crippen molar-refractivity contribution in [1.82, 2.24) is 9.29 Å². The van der Waals surface area contributed by atoms with E-state index in [0.29, 0.717) is 37.4 Å². The standard InChI is InChI=1S/C23H24N4O3S2/c1-17-15-26(32(28,29)22-8-6-21(30-2)7-9-22)10-11-27(17)23-25-20(16-31-23)13-18-4-3-5-19(12-18)14-24/h3-9,12,16-17H,10-11,13,15H2,1-2H3. The minimum absolute atomic E-state index is 0.00214. The normalized spacial score (nSPS) is 17.2. The molecular weight excluding hydrogens is 444 g/mol. The highest BCUT2D eigenvalue weighted by Crippen LogP contribution is 2.28. The van der Waals surface area contributed by atoms with Gasteiger partial charge >= 0.3 is 0 Å². The molecule has 32 heavy (non-hydrogen) atoms. The van der Waals surface area contributed by atoms with Gasteiger partial charge in [0.25, 0.3) is 0 Å². The second-order valence-corrected chi connectivity index (χ2v) is 10.5. The van der Waals surface area contributed by atoms with Crippen molar-refractivity contribution in [3.05, 3.63) is 70.7 Å². The molecule has 0 bridgehead atoms. The van der Waals surface area contributed by atoms with Crippen LogP contribution in [0, 0.1) is 11.3 Å². The predicted octanol–water partition coefficient (Wildman–Crippen LogP) is 3.51. The van der Waals surface area contributed by atoms with Crippen molar-refractivity contribution < 1.29 is 13.2 Å². The Labute approximate surface area is 192 Å². The fraction of sp³-hybridized carbons (Fsp3) is 0.304. The lowest BCUT2D eigenvalue weighted by atomic mass is 10.1. The summed E-state index contributed by atoms with van der Waals surface area (Å²) in [6.45, 7) is 3.39. The molecule has 4 rings (SSSR count). The molecule has 0 amide bonds. The Morgan fingerprint density at radius 3 is 2.69 bits per heavy atom. The van der Waals surface area contributed by atoms with E-state index < -0.39 is 10.0 Å². The summed E-state index contributed by atoms with van der Waals surface area (Å²) in [5, 5.41) is 12.0. The SMILES string of the molecule is COc1ccc(S(=O)(=O)N2CCN(c3nc(Cc4cccc(C#N)c4)cs3)C(C)C2)cc1. The lowest BCUT2D eigenvalue weighted by molar-refractivity contribution is 0.342. The maximum atomic E-state index is 13.1. The van der Waals surface area contributed by atoms with E-state index >= 15 is 0 Å². The van der Waals surface area contributed by atoms with Gasteiger partial charge in [0.05, 0.1) is 29.3 Å². The average molecular weight is 469 g/mol. The second kappa shape index (κ2) is 9.28. The van der Waals surface area contributed by atoms with Gasteiger partial charge in [-0.1, -0.05) is 12.1 Å². The van der Waals surface area contributed by atoms with Gasteiger partial charge in [-0.3, -0.25) is 0 Å². The van der Waals surface area contributed by atoms with Crippen molar-refractivity contribution in [2.75, 3.05) is 31.6 Å². The first-order chi connectivity index (χ1) is 15.4. The van der Waals surface area contributed by atoms with E-state index in [-0.39, 0.29) is 10.9 Å². The summed E-state index contributed by atoms with van der Waals surface area (Å²) < 4.78 is 32.8. The van der Waals surface area contributed by atoms with Crippen LogP contribution in [0.1, 0.15) is 23.7 Å². The number of methoxy groups -OCH3 is 1. The molecule has 0 spiro atoms. The Kier molecular flexibility index (Phi) is 6.46. The molecule has 1 saturated heterocycles. The number of benzene rings is 2. The van der Waals surface area contributed by atoms with Crippen molar-refractivity contribution in [1.29, 1.82) is 5.26 Å². The monoisotopic (exact) mass is 468 g/mol. The highest BCUT2D eigenvalue weighted by Gasteiger charge is 2.33. The van der Waals surface area contributed by atoms with Gasteiger partial charge in [0.15, 0.2) is 5.13 Å². The van der Waals surface area contributed by atoms with E-state index in [9.17, 15) is 8.42 Å². The topological polar surface area (TPSA) is 86.5 Å². The zero-order chi connectivity index (χ0) is 22.7. The van der Waals surface area contributed by atoms with Gasteiger partial charge in [0.1, 0.15) is 5.75 Å². The Balaban J connectivity index is 1.44. The first kappa shape index (κ1) is 22.3. The number of hydrogen-bond donors (Lipinski definition) is 0. The highest BCUT2D eigenvalue weighted by molar-refractivity contribution is 7.89. The van der Waals surface area contributed by atoms with Crippen molar-refractivity contribution >= 4 is 26.5 Å². The fourth-order valence-corrected chi connectivity index (χ4v) is 6.26. The molecule has 0 N–H and O–H groups in total. The smallest absolute Gasteiger partial charge is 0.243 e. The minimum Gasteiger partial charge on any atom is -0.497 e. The van der Waals surface area contributed by atoms with Gasteiger partial charge in [0, 0.05) is 37.5 Å². The summed E-state index contributed by atoms with van der Waals surface area (Å²) in [6, 6.07) is 16.2. The maximum absolute atomic E-state index is 13.1. The van der Waals surface area contributed by atoms with E-state index in [0.717, 1.165) is 16.4 Å². The molecule has 1 fully saturated rings. The molecule has 1 aliphatic rings. The van der Waals surface area contributed by atoms with Crippen LogP contribution in [-0.2, 0) is 16.4 Å². The number of piperazine rings is 1. The highest BCUT2D eigenvalue weighted by atomic mass is 32.2. The molecule has 1 atom stereocenters. The van der Waals surface area contributed by atoms with E-state index in [1.807, 2.05) is 30.5 Å². The number of sulfonamides is 1. The predicted molar refractivity (Wildman–Crippen MR) is 125 cm³/mol. The molecule has 1 unspecified atom stereocenters. The third kappa shape index (κ3) is 4.63. The molecule has 3 aromatic rings. The Morgan fingerprint density at radius 1 is 1.22 bits per heavy atom. The molecule has 2 aromatic carbocycles. The fourth-order valence-electron chi connectivity index (χ4n) is 3.79. The number of rotatable bonds is 6. The largest absolute Gasteiger partial charge is 0.497 e. The van der Waals surface area contributed by atoms with Crippen molar-refractivity contribution in [3.8, 4) is 11.8 Å². The number of ether oxygens (including phenoxy) is 1. The van der Waals surface area contributed by atoms with Crippen LogP contribution < -0.4 is 9.64 Å². The number of aromatic nitrogens is 1. The molecule has 0 saturated carbocycles. The number of nitriles is 1. The zero-order valence-corrected chi connectivity index (χ0v) is 19.6. The first-order valence-corrected chi connectivity index (χ1v) is 12.6. The first-order valence-electron chi connectivity index (χ1n) is 10.2. The summed E-state index contributed by atoms with van der Waals surface area (Å²) in [7, 11) is -2.01. The lowest BCUT2D eigenvalue weighted by Crippen LogP contribution is -2.53. The summed E-state index contributed by atoms with van der Waals surface area (Å²) in [5.41, 5.74) is 2.63. The van der Waals surface area contributed by atoms with Crippen LogP contribution in [0.25, 0.3) is 0 Å². The van der Waals surface area contributed by atoms with Crippen LogP contribution >= 0.6 is 11.3 Å². The summed E-state index contributed by atoms with van der Waals surface area (Å²) >= 11 is 1.57. The third-order valence-corrected chi connectivity index (χ3v) is 8.32. The Hall–Kier alpha value is -2.93. The molecule has 0 aliphatic carbocycles. The van der Waals surface area contributed by atoms with E-state index in [4.69, 9.17) is 15.0 Å². The molecule has 1 aromatic heterocycles. The van der Waals surface area contributed by atoms with E-state index in [2.05, 4.69) is 11.0 Å². The molecular formula is C23H24N4O3S2. The van der Waals surface area contributed by atoms with Gasteiger partial charge in [-0.15, -0.1) is 11.3 Å². The Bertz CT molecular complexity index is 1230.